The molecule has 0 saturated carbocycles. The van der Waals surface area contributed by atoms with Crippen molar-refractivity contribution in [3.05, 3.63) is 60.4 Å². The average molecular weight is 317 g/mol. The summed E-state index contributed by atoms with van der Waals surface area (Å²) in [7, 11) is -3.60. The van der Waals surface area contributed by atoms with Gasteiger partial charge >= 0.3 is 0 Å². The molecule has 5 nitrogen and oxygen atoms in total. The molecule has 106 valence electrons. The summed E-state index contributed by atoms with van der Waals surface area (Å²) in [5.41, 5.74) is 1.92. The van der Waals surface area contributed by atoms with Crippen LogP contribution in [0.4, 0.5) is 5.13 Å². The number of anilines is 1. The fourth-order valence-electron chi connectivity index (χ4n) is 1.82. The lowest BCUT2D eigenvalue weighted by Gasteiger charge is -2.06. The van der Waals surface area contributed by atoms with E-state index in [1.807, 2.05) is 12.1 Å². The van der Waals surface area contributed by atoms with Crippen molar-refractivity contribution in [3.8, 4) is 11.1 Å². The zero-order chi connectivity index (χ0) is 14.7. The standard InChI is InChI=1S/C14H11N3O2S2/c18-21(19,17-14-16-9-10-20-14)13-3-1-11(2-4-13)12-5-7-15-8-6-12/h1-10H,(H,16,17). The molecule has 1 aromatic carbocycles. The van der Waals surface area contributed by atoms with E-state index in [9.17, 15) is 8.42 Å². The second-order valence-electron chi connectivity index (χ2n) is 4.20. The Labute approximate surface area is 126 Å². The Morgan fingerprint density at radius 1 is 0.905 bits per heavy atom. The largest absolute Gasteiger partial charge is 0.265 e. The highest BCUT2D eigenvalue weighted by molar-refractivity contribution is 7.93. The molecular weight excluding hydrogens is 306 g/mol. The summed E-state index contributed by atoms with van der Waals surface area (Å²) >= 11 is 1.24. The van der Waals surface area contributed by atoms with Gasteiger partial charge in [-0.25, -0.2) is 13.4 Å². The van der Waals surface area contributed by atoms with Crippen molar-refractivity contribution in [3.63, 3.8) is 0 Å². The molecule has 0 unspecified atom stereocenters. The van der Waals surface area contributed by atoms with Crippen LogP contribution in [0.2, 0.25) is 0 Å². The minimum absolute atomic E-state index is 0.204. The lowest BCUT2D eigenvalue weighted by Crippen LogP contribution is -2.12. The molecule has 0 saturated heterocycles. The molecule has 0 fully saturated rings. The van der Waals surface area contributed by atoms with E-state index in [4.69, 9.17) is 0 Å². The normalized spacial score (nSPS) is 11.2. The van der Waals surface area contributed by atoms with Gasteiger partial charge in [-0.1, -0.05) is 12.1 Å². The zero-order valence-corrected chi connectivity index (χ0v) is 12.4. The van der Waals surface area contributed by atoms with Crippen LogP contribution in [0.25, 0.3) is 11.1 Å². The molecule has 7 heteroatoms. The van der Waals surface area contributed by atoms with Crippen LogP contribution in [0.3, 0.4) is 0 Å². The number of aromatic nitrogens is 2. The number of benzene rings is 1. The first kappa shape index (κ1) is 13.7. The molecule has 0 atom stereocenters. The van der Waals surface area contributed by atoms with Crippen molar-refractivity contribution in [2.75, 3.05) is 4.72 Å². The molecule has 0 aliphatic heterocycles. The summed E-state index contributed by atoms with van der Waals surface area (Å²) in [6.07, 6.45) is 4.95. The van der Waals surface area contributed by atoms with Crippen LogP contribution < -0.4 is 4.72 Å². The molecule has 3 aromatic rings. The summed E-state index contributed by atoms with van der Waals surface area (Å²) in [6.45, 7) is 0. The van der Waals surface area contributed by atoms with Crippen molar-refractivity contribution < 1.29 is 8.42 Å². The zero-order valence-electron chi connectivity index (χ0n) is 10.8. The number of nitrogens with zero attached hydrogens (tertiary/aromatic N) is 2. The third kappa shape index (κ3) is 3.09. The van der Waals surface area contributed by atoms with Gasteiger partial charge < -0.3 is 0 Å². The van der Waals surface area contributed by atoms with Crippen molar-refractivity contribution in [2.24, 2.45) is 0 Å². The average Bonchev–Trinajstić information content (AvgIpc) is 3.00. The van der Waals surface area contributed by atoms with Gasteiger partial charge in [0, 0.05) is 24.0 Å². The highest BCUT2D eigenvalue weighted by Crippen LogP contribution is 2.22. The number of hydrogen-bond acceptors (Lipinski definition) is 5. The van der Waals surface area contributed by atoms with Gasteiger partial charge in [0.15, 0.2) is 5.13 Å². The minimum atomic E-state index is -3.60. The van der Waals surface area contributed by atoms with Gasteiger partial charge in [-0.3, -0.25) is 9.71 Å². The van der Waals surface area contributed by atoms with Gasteiger partial charge in [0.1, 0.15) is 0 Å². The van der Waals surface area contributed by atoms with E-state index in [2.05, 4.69) is 14.7 Å². The van der Waals surface area contributed by atoms with E-state index in [1.165, 1.54) is 11.3 Å². The first-order valence-electron chi connectivity index (χ1n) is 6.08. The van der Waals surface area contributed by atoms with Crippen LogP contribution >= 0.6 is 11.3 Å². The number of nitrogens with one attached hydrogen (secondary N) is 1. The molecule has 2 heterocycles. The topological polar surface area (TPSA) is 72.0 Å². The SMILES string of the molecule is O=S(=O)(Nc1nccs1)c1ccc(-c2ccncc2)cc1. The molecule has 2 aromatic heterocycles. The second kappa shape index (κ2) is 5.63. The molecule has 21 heavy (non-hydrogen) atoms. The molecule has 0 aliphatic rings. The van der Waals surface area contributed by atoms with E-state index in [1.54, 1.807) is 48.2 Å². The predicted octanol–water partition coefficient (Wildman–Crippen LogP) is 3.01. The smallest absolute Gasteiger partial charge is 0.263 e. The highest BCUT2D eigenvalue weighted by Gasteiger charge is 2.15. The van der Waals surface area contributed by atoms with Crippen molar-refractivity contribution in [1.29, 1.82) is 0 Å². The van der Waals surface area contributed by atoms with Gasteiger partial charge in [0.25, 0.3) is 10.0 Å². The van der Waals surface area contributed by atoms with Crippen LogP contribution in [0.15, 0.2) is 65.3 Å². The molecule has 0 aliphatic carbocycles. The number of rotatable bonds is 4. The lowest BCUT2D eigenvalue weighted by atomic mass is 10.1. The Morgan fingerprint density at radius 2 is 1.57 bits per heavy atom. The van der Waals surface area contributed by atoms with Gasteiger partial charge in [-0.05, 0) is 35.4 Å². The highest BCUT2D eigenvalue weighted by atomic mass is 32.2. The molecule has 0 radical (unpaired) electrons. The molecule has 0 spiro atoms. The summed E-state index contributed by atoms with van der Waals surface area (Å²) in [5, 5.41) is 2.07. The van der Waals surface area contributed by atoms with Gasteiger partial charge in [-0.15, -0.1) is 11.3 Å². The summed E-state index contributed by atoms with van der Waals surface area (Å²) in [5.74, 6) is 0. The van der Waals surface area contributed by atoms with Gasteiger partial charge in [-0.2, -0.15) is 0 Å². The molecule has 3 rings (SSSR count). The predicted molar refractivity (Wildman–Crippen MR) is 82.6 cm³/mol. The second-order valence-corrected chi connectivity index (χ2v) is 6.78. The minimum Gasteiger partial charge on any atom is -0.265 e. The maximum atomic E-state index is 12.2. The van der Waals surface area contributed by atoms with E-state index in [0.29, 0.717) is 5.13 Å². The number of pyridine rings is 1. The summed E-state index contributed by atoms with van der Waals surface area (Å²) in [4.78, 5) is 8.08. The lowest BCUT2D eigenvalue weighted by molar-refractivity contribution is 0.601. The fourth-order valence-corrected chi connectivity index (χ4v) is 3.61. The van der Waals surface area contributed by atoms with E-state index >= 15 is 0 Å². The monoisotopic (exact) mass is 317 g/mol. The third-order valence-corrected chi connectivity index (χ3v) is 5.00. The van der Waals surface area contributed by atoms with Gasteiger partial charge in [0.2, 0.25) is 0 Å². The maximum absolute atomic E-state index is 12.2. The van der Waals surface area contributed by atoms with Crippen LogP contribution in [0.1, 0.15) is 0 Å². The fraction of sp³-hybridized carbons (Fsp3) is 0. The molecule has 0 bridgehead atoms. The molecular formula is C14H11N3O2S2. The Kier molecular flexibility index (Phi) is 3.68. The van der Waals surface area contributed by atoms with Gasteiger partial charge in [0.05, 0.1) is 4.90 Å². The molecule has 0 amide bonds. The quantitative estimate of drug-likeness (QED) is 0.803. The first-order chi connectivity index (χ1) is 10.1. The maximum Gasteiger partial charge on any atom is 0.263 e. The first-order valence-corrected chi connectivity index (χ1v) is 8.44. The third-order valence-electron chi connectivity index (χ3n) is 2.83. The number of thiazole rings is 1. The Morgan fingerprint density at radius 3 is 2.19 bits per heavy atom. The van der Waals surface area contributed by atoms with Crippen LogP contribution in [0.5, 0.6) is 0 Å². The van der Waals surface area contributed by atoms with Crippen molar-refractivity contribution >= 4 is 26.5 Å². The summed E-state index contributed by atoms with van der Waals surface area (Å²) in [6, 6.07) is 10.4. The van der Waals surface area contributed by atoms with E-state index in [0.717, 1.165) is 11.1 Å². The Bertz CT molecular complexity index is 814. The Hall–Kier alpha value is -2.25. The molecule has 1 N–H and O–H groups in total. The van der Waals surface area contributed by atoms with Crippen molar-refractivity contribution in [2.45, 2.75) is 4.90 Å². The van der Waals surface area contributed by atoms with Crippen molar-refractivity contribution in [1.82, 2.24) is 9.97 Å². The van der Waals surface area contributed by atoms with E-state index < -0.39 is 10.0 Å². The number of sulfonamides is 1. The van der Waals surface area contributed by atoms with E-state index in [-0.39, 0.29) is 4.90 Å². The Balaban J connectivity index is 1.87. The van der Waals surface area contributed by atoms with Crippen LogP contribution in [-0.2, 0) is 10.0 Å². The van der Waals surface area contributed by atoms with Crippen LogP contribution in [0, 0.1) is 0 Å². The summed E-state index contributed by atoms with van der Waals surface area (Å²) < 4.78 is 26.8. The van der Waals surface area contributed by atoms with Crippen LogP contribution in [-0.4, -0.2) is 18.4 Å². The number of hydrogen-bond donors (Lipinski definition) is 1.